The molecular weight excluding hydrogens is 399 g/mol. The molecule has 2 aromatic heterocycles. The van der Waals surface area contributed by atoms with Crippen LogP contribution in [0.4, 0.5) is 4.39 Å². The second-order valence-electron chi connectivity index (χ2n) is 5.89. The minimum atomic E-state index is -0.400. The average Bonchev–Trinajstić information content (AvgIpc) is 3.10. The van der Waals surface area contributed by atoms with Gasteiger partial charge in [-0.3, -0.25) is 19.6 Å². The van der Waals surface area contributed by atoms with Crippen LogP contribution < -0.4 is 16.8 Å². The van der Waals surface area contributed by atoms with Gasteiger partial charge in [-0.15, -0.1) is 11.3 Å². The summed E-state index contributed by atoms with van der Waals surface area (Å²) in [4.78, 5) is 30.1. The number of amides is 1. The van der Waals surface area contributed by atoms with Gasteiger partial charge in [0, 0.05) is 0 Å². The molecule has 0 aliphatic heterocycles. The lowest BCUT2D eigenvalue weighted by molar-refractivity contribution is -0.118. The van der Waals surface area contributed by atoms with Gasteiger partial charge in [0.25, 0.3) is 5.56 Å². The van der Waals surface area contributed by atoms with Gasteiger partial charge in [0.1, 0.15) is 10.6 Å². The predicted octanol–water partition coefficient (Wildman–Crippen LogP) is 3.18. The van der Waals surface area contributed by atoms with E-state index in [9.17, 15) is 14.0 Å². The summed E-state index contributed by atoms with van der Waals surface area (Å²) in [6.07, 6.45) is 5.63. The summed E-state index contributed by atoms with van der Waals surface area (Å²) >= 11 is 2.49. The van der Waals surface area contributed by atoms with E-state index in [2.05, 4.69) is 10.4 Å². The molecule has 3 aromatic rings. The fourth-order valence-electron chi connectivity index (χ4n) is 2.64. The quantitative estimate of drug-likeness (QED) is 0.154. The third kappa shape index (κ3) is 4.32. The molecule has 1 aromatic carbocycles. The number of thiophene rings is 1. The molecule has 3 rings (SSSR count). The SMILES string of the molecule is CC/C=C\Cc1csc2nc(SCC(=O)NN)n(-c3ccc(F)cc3)c(=O)c12. The van der Waals surface area contributed by atoms with E-state index in [1.54, 1.807) is 0 Å². The molecule has 0 atom stereocenters. The Hall–Kier alpha value is -2.49. The lowest BCUT2D eigenvalue weighted by Crippen LogP contribution is -2.32. The zero-order chi connectivity index (χ0) is 20.1. The topological polar surface area (TPSA) is 90.0 Å². The summed E-state index contributed by atoms with van der Waals surface area (Å²) in [5.41, 5.74) is 3.20. The first kappa shape index (κ1) is 20.2. The van der Waals surface area contributed by atoms with Gasteiger partial charge in [-0.05, 0) is 48.1 Å². The molecule has 0 saturated heterocycles. The van der Waals surface area contributed by atoms with Gasteiger partial charge in [-0.25, -0.2) is 15.2 Å². The largest absolute Gasteiger partial charge is 0.294 e. The number of allylic oxidation sites excluding steroid dienone is 2. The van der Waals surface area contributed by atoms with Crippen LogP contribution in [0.2, 0.25) is 0 Å². The highest BCUT2D eigenvalue weighted by Gasteiger charge is 2.18. The number of aromatic nitrogens is 2. The number of carbonyl (C=O) groups is 1. The Morgan fingerprint density at radius 1 is 1.36 bits per heavy atom. The molecule has 0 spiro atoms. The van der Waals surface area contributed by atoms with Gasteiger partial charge in [0.2, 0.25) is 5.91 Å². The van der Waals surface area contributed by atoms with Crippen LogP contribution in [0.25, 0.3) is 15.9 Å². The van der Waals surface area contributed by atoms with Crippen molar-refractivity contribution < 1.29 is 9.18 Å². The number of nitrogens with two attached hydrogens (primary N) is 1. The zero-order valence-corrected chi connectivity index (χ0v) is 16.8. The maximum absolute atomic E-state index is 13.4. The van der Waals surface area contributed by atoms with Crippen molar-refractivity contribution in [3.05, 3.63) is 63.5 Å². The molecule has 9 heteroatoms. The summed E-state index contributed by atoms with van der Waals surface area (Å²) in [6, 6.07) is 5.59. The van der Waals surface area contributed by atoms with Crippen LogP contribution in [0.1, 0.15) is 18.9 Å². The molecule has 146 valence electrons. The third-order valence-electron chi connectivity index (χ3n) is 3.97. The number of fused-ring (bicyclic) bond motifs is 1. The monoisotopic (exact) mass is 418 g/mol. The first-order valence-corrected chi connectivity index (χ1v) is 10.5. The fourth-order valence-corrected chi connectivity index (χ4v) is 4.46. The van der Waals surface area contributed by atoms with Gasteiger partial charge in [-0.2, -0.15) is 0 Å². The van der Waals surface area contributed by atoms with Crippen molar-refractivity contribution in [2.45, 2.75) is 24.9 Å². The van der Waals surface area contributed by atoms with Crippen LogP contribution in [0.5, 0.6) is 0 Å². The average molecular weight is 419 g/mol. The van der Waals surface area contributed by atoms with Gasteiger partial charge < -0.3 is 0 Å². The van der Waals surface area contributed by atoms with Crippen molar-refractivity contribution in [1.29, 1.82) is 0 Å². The van der Waals surface area contributed by atoms with Crippen LogP contribution in [0.15, 0.2) is 51.7 Å². The first-order valence-electron chi connectivity index (χ1n) is 8.61. The van der Waals surface area contributed by atoms with Gasteiger partial charge in [0.15, 0.2) is 5.16 Å². The van der Waals surface area contributed by atoms with Crippen molar-refractivity contribution in [2.75, 3.05) is 5.75 Å². The number of hydrogen-bond acceptors (Lipinski definition) is 6. The van der Waals surface area contributed by atoms with Crippen molar-refractivity contribution in [3.63, 3.8) is 0 Å². The molecule has 0 bridgehead atoms. The number of thioether (sulfide) groups is 1. The molecule has 0 aliphatic carbocycles. The molecule has 3 N–H and O–H groups in total. The lowest BCUT2D eigenvalue weighted by Gasteiger charge is -2.12. The Balaban J connectivity index is 2.16. The van der Waals surface area contributed by atoms with E-state index in [0.29, 0.717) is 27.5 Å². The third-order valence-corrected chi connectivity index (χ3v) is 5.83. The minimum absolute atomic E-state index is 0.00706. The van der Waals surface area contributed by atoms with E-state index in [1.165, 1.54) is 40.2 Å². The molecule has 0 fully saturated rings. The number of hydrogen-bond donors (Lipinski definition) is 2. The summed E-state index contributed by atoms with van der Waals surface area (Å²) < 4.78 is 14.8. The van der Waals surface area contributed by atoms with Crippen LogP contribution in [-0.4, -0.2) is 21.2 Å². The summed E-state index contributed by atoms with van der Waals surface area (Å²) in [7, 11) is 0. The minimum Gasteiger partial charge on any atom is -0.294 e. The maximum atomic E-state index is 13.4. The summed E-state index contributed by atoms with van der Waals surface area (Å²) in [6.45, 7) is 2.05. The Morgan fingerprint density at radius 2 is 2.11 bits per heavy atom. The van der Waals surface area contributed by atoms with Crippen LogP contribution in [0.3, 0.4) is 0 Å². The Kier molecular flexibility index (Phi) is 6.61. The van der Waals surface area contributed by atoms with E-state index in [-0.39, 0.29) is 17.2 Å². The van der Waals surface area contributed by atoms with Crippen molar-refractivity contribution >= 4 is 39.2 Å². The number of halogens is 1. The maximum Gasteiger partial charge on any atom is 0.267 e. The number of hydrazine groups is 1. The fraction of sp³-hybridized carbons (Fsp3) is 0.211. The highest BCUT2D eigenvalue weighted by molar-refractivity contribution is 7.99. The normalized spacial score (nSPS) is 11.4. The number of carbonyl (C=O) groups excluding carboxylic acids is 1. The number of nitrogens with zero attached hydrogens (tertiary/aromatic N) is 2. The van der Waals surface area contributed by atoms with E-state index < -0.39 is 5.82 Å². The predicted molar refractivity (Wildman–Crippen MR) is 111 cm³/mol. The standard InChI is InChI=1S/C19H19FN4O2S2/c1-2-3-4-5-12-10-27-17-16(12)18(26)24(14-8-6-13(20)7-9-14)19(22-17)28-11-15(25)23-21/h3-4,6-10H,2,5,11,21H2,1H3,(H,23,25)/b4-3-. The molecule has 1 amide bonds. The lowest BCUT2D eigenvalue weighted by atomic mass is 10.1. The van der Waals surface area contributed by atoms with Crippen LogP contribution >= 0.6 is 23.1 Å². The Bertz CT molecular complexity index is 1070. The van der Waals surface area contributed by atoms with Crippen molar-refractivity contribution in [1.82, 2.24) is 15.0 Å². The van der Waals surface area contributed by atoms with Crippen molar-refractivity contribution in [2.24, 2.45) is 5.84 Å². The summed E-state index contributed by atoms with van der Waals surface area (Å²) in [5, 5.41) is 2.82. The van der Waals surface area contributed by atoms with Gasteiger partial charge >= 0.3 is 0 Å². The number of benzene rings is 1. The molecule has 28 heavy (non-hydrogen) atoms. The highest BCUT2D eigenvalue weighted by Crippen LogP contribution is 2.27. The van der Waals surface area contributed by atoms with E-state index in [4.69, 9.17) is 5.84 Å². The van der Waals surface area contributed by atoms with E-state index in [0.717, 1.165) is 23.7 Å². The van der Waals surface area contributed by atoms with Crippen molar-refractivity contribution in [3.8, 4) is 5.69 Å². The second-order valence-corrected chi connectivity index (χ2v) is 7.69. The van der Waals surface area contributed by atoms with Gasteiger partial charge in [-0.1, -0.05) is 30.8 Å². The smallest absolute Gasteiger partial charge is 0.267 e. The van der Waals surface area contributed by atoms with Crippen LogP contribution in [-0.2, 0) is 11.2 Å². The molecule has 6 nitrogen and oxygen atoms in total. The van der Waals surface area contributed by atoms with E-state index in [1.807, 2.05) is 24.5 Å². The van der Waals surface area contributed by atoms with Crippen LogP contribution in [0, 0.1) is 5.82 Å². The molecule has 0 unspecified atom stereocenters. The second kappa shape index (κ2) is 9.13. The zero-order valence-electron chi connectivity index (χ0n) is 15.1. The molecule has 0 aliphatic rings. The molecule has 2 heterocycles. The first-order chi connectivity index (χ1) is 13.5. The molecule has 0 saturated carbocycles. The Labute approximate surface area is 169 Å². The number of rotatable bonds is 7. The van der Waals surface area contributed by atoms with Gasteiger partial charge in [0.05, 0.1) is 16.8 Å². The molecular formula is C19H19FN4O2S2. The molecule has 0 radical (unpaired) electrons. The summed E-state index contributed by atoms with van der Waals surface area (Å²) in [5.74, 6) is 4.36. The van der Waals surface area contributed by atoms with E-state index >= 15 is 0 Å². The Morgan fingerprint density at radius 3 is 2.79 bits per heavy atom. The number of nitrogens with one attached hydrogen (secondary N) is 1. The highest BCUT2D eigenvalue weighted by atomic mass is 32.2.